The van der Waals surface area contributed by atoms with Crippen LogP contribution in [0.4, 0.5) is 0 Å². The van der Waals surface area contributed by atoms with E-state index in [1.165, 1.54) is 5.56 Å². The fourth-order valence-corrected chi connectivity index (χ4v) is 3.78. The van der Waals surface area contributed by atoms with Crippen LogP contribution in [-0.2, 0) is 22.6 Å². The SMILES string of the molecule is CC(=O)N1CCc2ccccc2C1CC(=O)NCCCCn1ccccc1=O. The minimum Gasteiger partial charge on any atom is -0.356 e. The molecule has 0 saturated carbocycles. The van der Waals surface area contributed by atoms with Crippen molar-refractivity contribution in [3.63, 3.8) is 0 Å². The molecule has 1 aromatic heterocycles. The molecule has 2 amide bonds. The Morgan fingerprint density at radius 3 is 2.68 bits per heavy atom. The van der Waals surface area contributed by atoms with Gasteiger partial charge in [0.25, 0.3) is 0 Å². The summed E-state index contributed by atoms with van der Waals surface area (Å²) in [6.07, 6.45) is 4.49. The maximum atomic E-state index is 12.5. The molecule has 0 aliphatic carbocycles. The van der Waals surface area contributed by atoms with E-state index in [1.54, 1.807) is 34.7 Å². The number of pyridine rings is 1. The summed E-state index contributed by atoms with van der Waals surface area (Å²) >= 11 is 0. The topological polar surface area (TPSA) is 71.4 Å². The van der Waals surface area contributed by atoms with E-state index >= 15 is 0 Å². The highest BCUT2D eigenvalue weighted by molar-refractivity contribution is 5.79. The summed E-state index contributed by atoms with van der Waals surface area (Å²) < 4.78 is 1.67. The van der Waals surface area contributed by atoms with Gasteiger partial charge in [0.2, 0.25) is 17.4 Å². The highest BCUT2D eigenvalue weighted by atomic mass is 16.2. The molecular weight excluding hydrogens is 354 g/mol. The van der Waals surface area contributed by atoms with Gasteiger partial charge in [-0.2, -0.15) is 0 Å². The number of benzene rings is 1. The summed E-state index contributed by atoms with van der Waals surface area (Å²) in [7, 11) is 0. The summed E-state index contributed by atoms with van der Waals surface area (Å²) in [5, 5.41) is 2.96. The van der Waals surface area contributed by atoms with Gasteiger partial charge in [-0.1, -0.05) is 30.3 Å². The molecule has 1 aromatic carbocycles. The number of aromatic nitrogens is 1. The number of hydrogen-bond donors (Lipinski definition) is 1. The molecule has 3 rings (SSSR count). The Morgan fingerprint density at radius 2 is 1.89 bits per heavy atom. The van der Waals surface area contributed by atoms with Crippen LogP contribution in [0.3, 0.4) is 0 Å². The molecule has 1 aliphatic heterocycles. The first-order chi connectivity index (χ1) is 13.6. The first-order valence-corrected chi connectivity index (χ1v) is 9.83. The van der Waals surface area contributed by atoms with Crippen molar-refractivity contribution in [2.45, 2.75) is 45.2 Å². The molecule has 2 heterocycles. The summed E-state index contributed by atoms with van der Waals surface area (Å²) in [6, 6.07) is 13.0. The van der Waals surface area contributed by atoms with Crippen LogP contribution in [0.5, 0.6) is 0 Å². The molecule has 1 atom stereocenters. The van der Waals surface area contributed by atoms with Crippen molar-refractivity contribution >= 4 is 11.8 Å². The number of unbranched alkanes of at least 4 members (excludes halogenated alkanes) is 1. The molecule has 1 N–H and O–H groups in total. The number of carbonyl (C=O) groups excluding carboxylic acids is 2. The summed E-state index contributed by atoms with van der Waals surface area (Å²) in [4.78, 5) is 38.0. The van der Waals surface area contributed by atoms with Gasteiger partial charge in [0, 0.05) is 38.8 Å². The van der Waals surface area contributed by atoms with E-state index < -0.39 is 0 Å². The maximum Gasteiger partial charge on any atom is 0.250 e. The van der Waals surface area contributed by atoms with Gasteiger partial charge in [0.15, 0.2) is 0 Å². The molecule has 148 valence electrons. The van der Waals surface area contributed by atoms with Crippen LogP contribution in [0.25, 0.3) is 0 Å². The Labute approximate surface area is 165 Å². The third-order valence-electron chi connectivity index (χ3n) is 5.24. The second-order valence-corrected chi connectivity index (χ2v) is 7.17. The average molecular weight is 381 g/mol. The lowest BCUT2D eigenvalue weighted by Gasteiger charge is -2.36. The molecule has 1 aliphatic rings. The molecule has 1 unspecified atom stereocenters. The Kier molecular flexibility index (Phi) is 6.63. The first kappa shape index (κ1) is 19.9. The first-order valence-electron chi connectivity index (χ1n) is 9.83. The second kappa shape index (κ2) is 9.35. The van der Waals surface area contributed by atoms with Crippen LogP contribution in [0.2, 0.25) is 0 Å². The van der Waals surface area contributed by atoms with Crippen molar-refractivity contribution < 1.29 is 9.59 Å². The van der Waals surface area contributed by atoms with Gasteiger partial charge >= 0.3 is 0 Å². The standard InChI is InChI=1S/C22H27N3O3/c1-17(26)25-15-11-18-8-2-3-9-19(18)20(25)16-21(27)23-12-5-7-14-24-13-6-4-10-22(24)28/h2-4,6,8-10,13,20H,5,7,11-12,14-16H2,1H3,(H,23,27). The molecule has 28 heavy (non-hydrogen) atoms. The average Bonchev–Trinajstić information content (AvgIpc) is 2.69. The van der Waals surface area contributed by atoms with Crippen molar-refractivity contribution in [2.24, 2.45) is 0 Å². The highest BCUT2D eigenvalue weighted by Gasteiger charge is 2.30. The number of rotatable bonds is 7. The fourth-order valence-electron chi connectivity index (χ4n) is 3.78. The van der Waals surface area contributed by atoms with Crippen molar-refractivity contribution in [3.05, 3.63) is 70.1 Å². The van der Waals surface area contributed by atoms with E-state index in [0.29, 0.717) is 19.6 Å². The third kappa shape index (κ3) is 4.88. The zero-order chi connectivity index (χ0) is 19.9. The Morgan fingerprint density at radius 1 is 1.11 bits per heavy atom. The molecule has 0 fully saturated rings. The number of aryl methyl sites for hydroxylation is 1. The van der Waals surface area contributed by atoms with E-state index in [-0.39, 0.29) is 29.8 Å². The number of nitrogens with zero attached hydrogens (tertiary/aromatic N) is 2. The molecule has 2 aromatic rings. The molecule has 0 bridgehead atoms. The lowest BCUT2D eigenvalue weighted by Crippen LogP contribution is -2.41. The van der Waals surface area contributed by atoms with Crippen LogP contribution >= 0.6 is 0 Å². The van der Waals surface area contributed by atoms with Gasteiger partial charge in [-0.15, -0.1) is 0 Å². The zero-order valence-electron chi connectivity index (χ0n) is 16.3. The van der Waals surface area contributed by atoms with Crippen molar-refractivity contribution in [1.82, 2.24) is 14.8 Å². The Bertz CT molecular complexity index is 890. The number of nitrogens with one attached hydrogen (secondary N) is 1. The molecule has 6 heteroatoms. The number of fused-ring (bicyclic) bond motifs is 1. The molecular formula is C22H27N3O3. The maximum absolute atomic E-state index is 12.5. The van der Waals surface area contributed by atoms with Crippen molar-refractivity contribution in [1.29, 1.82) is 0 Å². The second-order valence-electron chi connectivity index (χ2n) is 7.17. The normalized spacial score (nSPS) is 15.8. The minimum atomic E-state index is -0.203. The third-order valence-corrected chi connectivity index (χ3v) is 5.24. The van der Waals surface area contributed by atoms with Crippen LogP contribution in [-0.4, -0.2) is 34.4 Å². The summed E-state index contributed by atoms with van der Waals surface area (Å²) in [6.45, 7) is 3.42. The van der Waals surface area contributed by atoms with E-state index in [1.807, 2.05) is 24.3 Å². The lowest BCUT2D eigenvalue weighted by atomic mass is 9.90. The van der Waals surface area contributed by atoms with Crippen molar-refractivity contribution in [3.8, 4) is 0 Å². The fraction of sp³-hybridized carbons (Fsp3) is 0.409. The molecule has 6 nitrogen and oxygen atoms in total. The number of amides is 2. The smallest absolute Gasteiger partial charge is 0.250 e. The largest absolute Gasteiger partial charge is 0.356 e. The van der Waals surface area contributed by atoms with Gasteiger partial charge in [-0.3, -0.25) is 14.4 Å². The van der Waals surface area contributed by atoms with Crippen LogP contribution in [0.1, 0.15) is 43.4 Å². The van der Waals surface area contributed by atoms with Gasteiger partial charge in [-0.05, 0) is 36.5 Å². The number of carbonyl (C=O) groups is 2. The van der Waals surface area contributed by atoms with E-state index in [2.05, 4.69) is 11.4 Å². The Hall–Kier alpha value is -2.89. The predicted molar refractivity (Wildman–Crippen MR) is 108 cm³/mol. The molecule has 0 radical (unpaired) electrons. The van der Waals surface area contributed by atoms with Crippen LogP contribution in [0, 0.1) is 0 Å². The summed E-state index contributed by atoms with van der Waals surface area (Å²) in [5.74, 6) is -0.0505. The summed E-state index contributed by atoms with van der Waals surface area (Å²) in [5.41, 5.74) is 2.28. The quantitative estimate of drug-likeness (QED) is 0.748. The van der Waals surface area contributed by atoms with Crippen LogP contribution in [0.15, 0.2) is 53.5 Å². The van der Waals surface area contributed by atoms with E-state index in [9.17, 15) is 14.4 Å². The molecule has 0 saturated heterocycles. The van der Waals surface area contributed by atoms with E-state index in [4.69, 9.17) is 0 Å². The zero-order valence-corrected chi connectivity index (χ0v) is 16.3. The predicted octanol–water partition coefficient (Wildman–Crippen LogP) is 2.28. The number of hydrogen-bond acceptors (Lipinski definition) is 3. The monoisotopic (exact) mass is 381 g/mol. The lowest BCUT2D eigenvalue weighted by molar-refractivity contribution is -0.133. The van der Waals surface area contributed by atoms with Crippen molar-refractivity contribution in [2.75, 3.05) is 13.1 Å². The highest BCUT2D eigenvalue weighted by Crippen LogP contribution is 2.32. The van der Waals surface area contributed by atoms with E-state index in [0.717, 1.165) is 24.8 Å². The molecule has 0 spiro atoms. The Balaban J connectivity index is 1.50. The van der Waals surface area contributed by atoms with Gasteiger partial charge in [0.05, 0.1) is 12.5 Å². The van der Waals surface area contributed by atoms with Crippen LogP contribution < -0.4 is 10.9 Å². The van der Waals surface area contributed by atoms with Gasteiger partial charge in [-0.25, -0.2) is 0 Å². The minimum absolute atomic E-state index is 0.000561. The van der Waals surface area contributed by atoms with Gasteiger partial charge in [0.1, 0.15) is 0 Å². The van der Waals surface area contributed by atoms with Gasteiger partial charge < -0.3 is 14.8 Å².